The highest BCUT2D eigenvalue weighted by Crippen LogP contribution is 2.35. The van der Waals surface area contributed by atoms with E-state index in [0.29, 0.717) is 16.4 Å². The number of nitrogens with one attached hydrogen (secondary N) is 2. The number of aryl methyl sites for hydroxylation is 1. The number of hydrogen-bond donors (Lipinski definition) is 3. The van der Waals surface area contributed by atoms with Gasteiger partial charge in [0.2, 0.25) is 0 Å². The Morgan fingerprint density at radius 1 is 1.36 bits per heavy atom. The molecule has 0 saturated carbocycles. The van der Waals surface area contributed by atoms with Crippen LogP contribution < -0.4 is 21.3 Å². The topological polar surface area (TPSA) is 93.0 Å². The zero-order valence-electron chi connectivity index (χ0n) is 14.6. The van der Waals surface area contributed by atoms with E-state index in [1.807, 2.05) is 0 Å². The smallest absolute Gasteiger partial charge is 0.271 e. The van der Waals surface area contributed by atoms with Gasteiger partial charge in [-0.05, 0) is 30.6 Å². The molecule has 0 aliphatic carbocycles. The van der Waals surface area contributed by atoms with Crippen LogP contribution >= 0.6 is 23.2 Å². The highest BCUT2D eigenvalue weighted by atomic mass is 35.5. The first kappa shape index (κ1) is 20.0. The van der Waals surface area contributed by atoms with Crippen molar-refractivity contribution in [2.24, 2.45) is 0 Å². The number of carbonyl (C=O) groups excluding carboxylic acids is 1. The summed E-state index contributed by atoms with van der Waals surface area (Å²) in [5.74, 6) is -1.24. The standard InChI is InChI=1S/C18H14BCl2FN4O2/c1-8-14(19)16(26-25-8)18(27)24-7-9-2-3-13(21)17(15(9)22)28-12-5-10(20)4-11(23)6-12/h2-6H,7,23H2,1H3,(H,24,27)(H,25,26). The molecule has 1 heterocycles. The number of nitrogen functional groups attached to an aromatic ring is 1. The second-order valence-corrected chi connectivity index (χ2v) is 6.81. The van der Waals surface area contributed by atoms with Crippen molar-refractivity contribution in [3.8, 4) is 11.5 Å². The molecule has 6 nitrogen and oxygen atoms in total. The molecular formula is C18H14BCl2FN4O2. The number of aromatic nitrogens is 2. The van der Waals surface area contributed by atoms with Crippen LogP contribution in [0.2, 0.25) is 10.0 Å². The maximum absolute atomic E-state index is 14.9. The Hall–Kier alpha value is -2.71. The van der Waals surface area contributed by atoms with Gasteiger partial charge in [0.25, 0.3) is 5.91 Å². The summed E-state index contributed by atoms with van der Waals surface area (Å²) in [6.07, 6.45) is 0. The number of nitrogens with zero attached hydrogens (tertiary/aromatic N) is 1. The fourth-order valence-corrected chi connectivity index (χ4v) is 2.85. The molecule has 0 atom stereocenters. The largest absolute Gasteiger partial charge is 0.453 e. The lowest BCUT2D eigenvalue weighted by Crippen LogP contribution is -2.28. The predicted molar refractivity (Wildman–Crippen MR) is 107 cm³/mol. The summed E-state index contributed by atoms with van der Waals surface area (Å²) in [5, 5.41) is 9.39. The van der Waals surface area contributed by atoms with Crippen LogP contribution in [0.15, 0.2) is 30.3 Å². The Balaban J connectivity index is 1.80. The van der Waals surface area contributed by atoms with Crippen LogP contribution in [-0.4, -0.2) is 24.0 Å². The van der Waals surface area contributed by atoms with E-state index in [4.69, 9.17) is 41.5 Å². The van der Waals surface area contributed by atoms with Crippen LogP contribution in [0.1, 0.15) is 21.7 Å². The van der Waals surface area contributed by atoms with Gasteiger partial charge in [-0.25, -0.2) is 4.39 Å². The third-order valence-corrected chi connectivity index (χ3v) is 4.41. The molecule has 4 N–H and O–H groups in total. The number of anilines is 1. The molecule has 0 unspecified atom stereocenters. The highest BCUT2D eigenvalue weighted by molar-refractivity contribution is 6.37. The zero-order chi connectivity index (χ0) is 20.4. The first-order chi connectivity index (χ1) is 13.3. The number of hydrogen-bond acceptors (Lipinski definition) is 4. The van der Waals surface area contributed by atoms with E-state index in [1.165, 1.54) is 30.3 Å². The van der Waals surface area contributed by atoms with Gasteiger partial charge in [-0.15, -0.1) is 0 Å². The van der Waals surface area contributed by atoms with E-state index in [-0.39, 0.29) is 39.8 Å². The minimum atomic E-state index is -0.725. The van der Waals surface area contributed by atoms with Gasteiger partial charge in [0.05, 0.1) is 5.02 Å². The number of amides is 1. The maximum Gasteiger partial charge on any atom is 0.271 e. The Kier molecular flexibility index (Phi) is 5.81. The van der Waals surface area contributed by atoms with Crippen molar-refractivity contribution in [3.05, 3.63) is 63.1 Å². The molecule has 1 aromatic heterocycles. The van der Waals surface area contributed by atoms with Crippen LogP contribution in [0.25, 0.3) is 0 Å². The summed E-state index contributed by atoms with van der Waals surface area (Å²) >= 11 is 12.0. The third-order valence-electron chi connectivity index (χ3n) is 3.89. The summed E-state index contributed by atoms with van der Waals surface area (Å²) in [6, 6.07) is 7.39. The van der Waals surface area contributed by atoms with E-state index in [1.54, 1.807) is 6.92 Å². The number of nitrogens with two attached hydrogens (primary N) is 1. The minimum absolute atomic E-state index is 0.0396. The van der Waals surface area contributed by atoms with Crippen molar-refractivity contribution in [2.45, 2.75) is 13.5 Å². The molecule has 0 aliphatic rings. The molecule has 3 aromatic rings. The number of ether oxygens (including phenoxy) is 1. The van der Waals surface area contributed by atoms with Crippen LogP contribution in [0.4, 0.5) is 10.1 Å². The monoisotopic (exact) mass is 418 g/mol. The fraction of sp³-hybridized carbons (Fsp3) is 0.111. The molecular weight excluding hydrogens is 405 g/mol. The molecule has 142 valence electrons. The Morgan fingerprint density at radius 3 is 2.75 bits per heavy atom. The molecule has 10 heteroatoms. The van der Waals surface area contributed by atoms with Crippen LogP contribution in [0.5, 0.6) is 11.5 Å². The number of aromatic amines is 1. The van der Waals surface area contributed by atoms with Crippen molar-refractivity contribution in [3.63, 3.8) is 0 Å². The molecule has 2 aromatic carbocycles. The zero-order valence-corrected chi connectivity index (χ0v) is 16.2. The van der Waals surface area contributed by atoms with Gasteiger partial charge in [0.15, 0.2) is 11.6 Å². The summed E-state index contributed by atoms with van der Waals surface area (Å²) in [7, 11) is 5.77. The number of rotatable bonds is 5. The number of benzene rings is 2. The highest BCUT2D eigenvalue weighted by Gasteiger charge is 2.18. The first-order valence-electron chi connectivity index (χ1n) is 8.05. The van der Waals surface area contributed by atoms with E-state index in [0.717, 1.165) is 0 Å². The second kappa shape index (κ2) is 8.12. The van der Waals surface area contributed by atoms with E-state index in [9.17, 15) is 9.18 Å². The normalized spacial score (nSPS) is 10.7. The van der Waals surface area contributed by atoms with Crippen molar-refractivity contribution in [2.75, 3.05) is 5.73 Å². The van der Waals surface area contributed by atoms with Crippen LogP contribution in [0, 0.1) is 12.7 Å². The number of halogens is 3. The average Bonchev–Trinajstić information content (AvgIpc) is 2.96. The average molecular weight is 419 g/mol. The summed E-state index contributed by atoms with van der Waals surface area (Å²) < 4.78 is 20.4. The first-order valence-corrected chi connectivity index (χ1v) is 8.81. The van der Waals surface area contributed by atoms with Gasteiger partial charge in [0.1, 0.15) is 19.3 Å². The summed E-state index contributed by atoms with van der Waals surface area (Å²) in [6.45, 7) is 1.56. The summed E-state index contributed by atoms with van der Waals surface area (Å²) in [4.78, 5) is 12.2. The van der Waals surface area contributed by atoms with E-state index >= 15 is 0 Å². The lowest BCUT2D eigenvalue weighted by molar-refractivity contribution is 0.0946. The van der Waals surface area contributed by atoms with Crippen molar-refractivity contribution < 1.29 is 13.9 Å². The Bertz CT molecular complexity index is 1040. The Labute approximate surface area is 171 Å². The van der Waals surface area contributed by atoms with Gasteiger partial charge in [-0.3, -0.25) is 9.89 Å². The van der Waals surface area contributed by atoms with Gasteiger partial charge in [-0.1, -0.05) is 29.3 Å². The van der Waals surface area contributed by atoms with Gasteiger partial charge >= 0.3 is 0 Å². The molecule has 0 saturated heterocycles. The molecule has 0 spiro atoms. The molecule has 3 rings (SSSR count). The second-order valence-electron chi connectivity index (χ2n) is 5.97. The maximum atomic E-state index is 14.9. The molecule has 2 radical (unpaired) electrons. The number of H-pyrrole nitrogens is 1. The quantitative estimate of drug-likeness (QED) is 0.438. The van der Waals surface area contributed by atoms with Gasteiger partial charge in [-0.2, -0.15) is 5.10 Å². The molecule has 1 amide bonds. The van der Waals surface area contributed by atoms with Gasteiger partial charge in [0, 0.05) is 34.6 Å². The lowest BCUT2D eigenvalue weighted by atomic mass is 9.93. The lowest BCUT2D eigenvalue weighted by Gasteiger charge is -2.13. The third kappa shape index (κ3) is 4.23. The molecule has 0 bridgehead atoms. The SMILES string of the molecule is [B]c1c(C(=O)NCc2ccc(Cl)c(Oc3cc(N)cc(Cl)c3)c2F)n[nH]c1C. The van der Waals surface area contributed by atoms with Crippen molar-refractivity contribution in [1.29, 1.82) is 0 Å². The Morgan fingerprint density at radius 2 is 2.11 bits per heavy atom. The van der Waals surface area contributed by atoms with Crippen molar-refractivity contribution in [1.82, 2.24) is 15.5 Å². The summed E-state index contributed by atoms with van der Waals surface area (Å²) in [5.41, 5.74) is 7.07. The van der Waals surface area contributed by atoms with Crippen LogP contribution in [0.3, 0.4) is 0 Å². The minimum Gasteiger partial charge on any atom is -0.453 e. The fourth-order valence-electron chi connectivity index (χ4n) is 2.43. The molecule has 0 aliphatic heterocycles. The van der Waals surface area contributed by atoms with Crippen LogP contribution in [-0.2, 0) is 6.54 Å². The molecule has 0 fully saturated rings. The van der Waals surface area contributed by atoms with Crippen molar-refractivity contribution >= 4 is 48.1 Å². The number of carbonyl (C=O) groups is 1. The molecule has 28 heavy (non-hydrogen) atoms. The van der Waals surface area contributed by atoms with Gasteiger partial charge < -0.3 is 15.8 Å². The predicted octanol–water partition coefficient (Wildman–Crippen LogP) is 3.26. The van der Waals surface area contributed by atoms with E-state index < -0.39 is 11.7 Å². The van der Waals surface area contributed by atoms with E-state index in [2.05, 4.69) is 15.5 Å².